The Kier molecular flexibility index (Phi) is 6.50. The van der Waals surface area contributed by atoms with Crippen molar-refractivity contribution in [1.29, 1.82) is 0 Å². The van der Waals surface area contributed by atoms with Crippen LogP contribution in [0, 0.1) is 0 Å². The molecule has 0 saturated carbocycles. The third-order valence-corrected chi connectivity index (χ3v) is 4.53. The zero-order valence-corrected chi connectivity index (χ0v) is 13.1. The number of hydrogen-bond acceptors (Lipinski definition) is 6. The molecule has 19 heavy (non-hydrogen) atoms. The molecular weight excluding hydrogens is 270 g/mol. The van der Waals surface area contributed by atoms with Crippen LogP contribution in [0.1, 0.15) is 27.7 Å². The Labute approximate surface area is 115 Å². The maximum atomic E-state index is 12.5. The minimum absolute atomic E-state index is 0.179. The van der Waals surface area contributed by atoms with Gasteiger partial charge in [-0.1, -0.05) is 0 Å². The summed E-state index contributed by atoms with van der Waals surface area (Å²) in [6.45, 7) is 7.42. The quantitative estimate of drug-likeness (QED) is 0.551. The van der Waals surface area contributed by atoms with Gasteiger partial charge in [-0.15, -0.1) is 0 Å². The number of ether oxygens (including phenoxy) is 2. The summed E-state index contributed by atoms with van der Waals surface area (Å²) in [4.78, 5) is 0. The lowest BCUT2D eigenvalue weighted by molar-refractivity contribution is -0.00333. The number of hydrogen-bond donors (Lipinski definition) is 1. The van der Waals surface area contributed by atoms with Crippen molar-refractivity contribution >= 4 is 15.4 Å². The smallest absolute Gasteiger partial charge is 0.356 e. The summed E-state index contributed by atoms with van der Waals surface area (Å²) < 4.78 is 33.9. The topological polar surface area (TPSA) is 74.2 Å². The Morgan fingerprint density at radius 2 is 1.84 bits per heavy atom. The van der Waals surface area contributed by atoms with E-state index in [4.69, 9.17) is 18.5 Å². The van der Waals surface area contributed by atoms with Crippen molar-refractivity contribution in [3.8, 4) is 0 Å². The second-order valence-electron chi connectivity index (χ2n) is 5.28. The lowest BCUT2D eigenvalue weighted by Gasteiger charge is -2.24. The monoisotopic (exact) mass is 294 g/mol. The average Bonchev–Trinajstić information content (AvgIpc) is 2.55. The molecule has 0 aromatic carbocycles. The second kappa shape index (κ2) is 7.20. The highest BCUT2D eigenvalue weighted by Crippen LogP contribution is 2.50. The summed E-state index contributed by atoms with van der Waals surface area (Å²) in [6.07, 6.45) is -1.84. The fraction of sp³-hybridized carbons (Fsp3) is 1.00. The predicted molar refractivity (Wildman–Crippen MR) is 74.1 cm³/mol. The summed E-state index contributed by atoms with van der Waals surface area (Å²) in [5.41, 5.74) is 0. The molecule has 1 N–H and O–H groups in total. The molecule has 8 heteroatoms. The molecule has 0 amide bonds. The van der Waals surface area contributed by atoms with Crippen LogP contribution in [-0.4, -0.2) is 56.3 Å². The lowest BCUT2D eigenvalue weighted by atomic mass is 9.94. The number of aliphatic hydroxyl groups excluding tert-OH is 1. The molecule has 0 aromatic heterocycles. The van der Waals surface area contributed by atoms with Crippen molar-refractivity contribution in [2.75, 3.05) is 13.0 Å². The third-order valence-electron chi connectivity index (χ3n) is 2.57. The SMILES string of the molecule is B[C@@H]1OC[C@H](OCP(=O)(OC(C)C)OC(C)C)[C@H]1O. The van der Waals surface area contributed by atoms with Gasteiger partial charge in [0.1, 0.15) is 26.4 Å². The Balaban J connectivity index is 2.56. The van der Waals surface area contributed by atoms with E-state index in [1.807, 2.05) is 0 Å². The Bertz CT molecular complexity index is 310. The van der Waals surface area contributed by atoms with Crippen molar-refractivity contribution in [3.05, 3.63) is 0 Å². The average molecular weight is 294 g/mol. The Hall–Kier alpha value is 0.0949. The van der Waals surface area contributed by atoms with Gasteiger partial charge in [-0.3, -0.25) is 4.57 Å². The molecule has 1 aliphatic heterocycles. The molecule has 1 saturated heterocycles. The first-order chi connectivity index (χ1) is 8.73. The van der Waals surface area contributed by atoms with Gasteiger partial charge in [0, 0.05) is 0 Å². The molecule has 1 rings (SSSR count). The van der Waals surface area contributed by atoms with E-state index >= 15 is 0 Å². The molecule has 6 nitrogen and oxygen atoms in total. The first-order valence-corrected chi connectivity index (χ1v) is 8.33. The van der Waals surface area contributed by atoms with E-state index in [2.05, 4.69) is 0 Å². The number of rotatable bonds is 7. The summed E-state index contributed by atoms with van der Waals surface area (Å²) in [7, 11) is -1.55. The minimum Gasteiger partial charge on any atom is -0.388 e. The van der Waals surface area contributed by atoms with Gasteiger partial charge in [0.25, 0.3) is 0 Å². The van der Waals surface area contributed by atoms with Gasteiger partial charge in [-0.05, 0) is 27.7 Å². The van der Waals surface area contributed by atoms with Crippen LogP contribution in [0.25, 0.3) is 0 Å². The van der Waals surface area contributed by atoms with E-state index in [0.717, 1.165) is 0 Å². The van der Waals surface area contributed by atoms with Gasteiger partial charge < -0.3 is 23.6 Å². The largest absolute Gasteiger partial charge is 0.388 e. The third kappa shape index (κ3) is 5.54. The van der Waals surface area contributed by atoms with Crippen molar-refractivity contribution < 1.29 is 28.2 Å². The molecule has 0 radical (unpaired) electrons. The Morgan fingerprint density at radius 1 is 1.32 bits per heavy atom. The van der Waals surface area contributed by atoms with Crippen LogP contribution >= 0.6 is 7.60 Å². The summed E-state index contributed by atoms with van der Waals surface area (Å²) in [5, 5.41) is 9.80. The van der Waals surface area contributed by atoms with Crippen LogP contribution in [0.5, 0.6) is 0 Å². The highest BCUT2D eigenvalue weighted by atomic mass is 31.2. The molecule has 1 aliphatic rings. The molecule has 0 bridgehead atoms. The summed E-state index contributed by atoms with van der Waals surface area (Å²) >= 11 is 0. The van der Waals surface area contributed by atoms with Crippen LogP contribution in [0.15, 0.2) is 0 Å². The molecule has 0 aliphatic carbocycles. The van der Waals surface area contributed by atoms with Crippen LogP contribution in [0.3, 0.4) is 0 Å². The van der Waals surface area contributed by atoms with E-state index in [0.29, 0.717) is 0 Å². The van der Waals surface area contributed by atoms with E-state index in [1.165, 1.54) is 0 Å². The van der Waals surface area contributed by atoms with Crippen molar-refractivity contribution in [3.63, 3.8) is 0 Å². The fourth-order valence-corrected chi connectivity index (χ4v) is 3.64. The molecule has 112 valence electrons. The normalized spacial score (nSPS) is 28.5. The molecule has 1 fully saturated rings. The van der Waals surface area contributed by atoms with Gasteiger partial charge >= 0.3 is 7.60 Å². The summed E-state index contributed by atoms with van der Waals surface area (Å²) in [6, 6.07) is -0.276. The highest BCUT2D eigenvalue weighted by Gasteiger charge is 2.36. The minimum atomic E-state index is -3.32. The van der Waals surface area contributed by atoms with Gasteiger partial charge in [0.05, 0.1) is 24.8 Å². The fourth-order valence-electron chi connectivity index (χ4n) is 1.81. The Morgan fingerprint density at radius 3 is 2.21 bits per heavy atom. The summed E-state index contributed by atoms with van der Waals surface area (Å²) in [5.74, 6) is 0. The van der Waals surface area contributed by atoms with Crippen molar-refractivity contribution in [2.24, 2.45) is 0 Å². The molecule has 0 aromatic rings. The first-order valence-electron chi connectivity index (χ1n) is 6.60. The lowest BCUT2D eigenvalue weighted by Crippen LogP contribution is -2.32. The van der Waals surface area contributed by atoms with Crippen LogP contribution in [0.2, 0.25) is 0 Å². The predicted octanol–water partition coefficient (Wildman–Crippen LogP) is 0.722. The molecule has 1 heterocycles. The molecule has 0 unspecified atom stereocenters. The van der Waals surface area contributed by atoms with Crippen LogP contribution in [-0.2, 0) is 23.1 Å². The van der Waals surface area contributed by atoms with Crippen molar-refractivity contribution in [2.45, 2.75) is 58.1 Å². The van der Waals surface area contributed by atoms with Gasteiger partial charge in [0.2, 0.25) is 0 Å². The number of aliphatic hydroxyl groups is 1. The van der Waals surface area contributed by atoms with E-state index < -0.39 is 19.8 Å². The zero-order chi connectivity index (χ0) is 14.6. The maximum Gasteiger partial charge on any atom is 0.356 e. The van der Waals surface area contributed by atoms with Crippen LogP contribution in [0.4, 0.5) is 0 Å². The zero-order valence-electron chi connectivity index (χ0n) is 12.2. The standard InChI is InChI=1S/C11H24BO6P/c1-7(2)17-19(14,18-8(3)4)6-16-9-5-15-11(12)10(9)13/h7-11,13H,5-6,12H2,1-4H3/t9-,10+,11+/m0/s1. The molecular formula is C11H24BO6P. The van der Waals surface area contributed by atoms with Gasteiger partial charge in [-0.25, -0.2) is 0 Å². The maximum absolute atomic E-state index is 12.5. The van der Waals surface area contributed by atoms with E-state index in [1.54, 1.807) is 35.5 Å². The van der Waals surface area contributed by atoms with E-state index in [-0.39, 0.29) is 31.2 Å². The first kappa shape index (κ1) is 17.1. The molecule has 0 spiro atoms. The second-order valence-corrected chi connectivity index (χ2v) is 7.18. The van der Waals surface area contributed by atoms with Crippen molar-refractivity contribution in [1.82, 2.24) is 0 Å². The van der Waals surface area contributed by atoms with Gasteiger partial charge in [0.15, 0.2) is 0 Å². The van der Waals surface area contributed by atoms with Gasteiger partial charge in [-0.2, -0.15) is 0 Å². The van der Waals surface area contributed by atoms with Crippen LogP contribution < -0.4 is 0 Å². The molecule has 3 atom stereocenters. The highest BCUT2D eigenvalue weighted by molar-refractivity contribution is 7.53. The van der Waals surface area contributed by atoms with E-state index in [9.17, 15) is 9.67 Å².